The van der Waals surface area contributed by atoms with Crippen LogP contribution in [-0.2, 0) is 33.2 Å². The molecule has 280 valence electrons. The van der Waals surface area contributed by atoms with Crippen molar-refractivity contribution >= 4 is 5.97 Å². The van der Waals surface area contributed by atoms with E-state index in [1.54, 1.807) is 6.92 Å². The number of hydrogen-bond acceptors (Lipinski definition) is 7. The average Bonchev–Trinajstić information content (AvgIpc) is 3.00. The number of rotatable bonds is 23. The molecule has 1 N–H and O–H groups in total. The minimum absolute atomic E-state index is 0.0131. The predicted octanol–water partition coefficient (Wildman–Crippen LogP) is 9.07. The van der Waals surface area contributed by atoms with Crippen LogP contribution in [0.2, 0.25) is 0 Å². The lowest BCUT2D eigenvalue weighted by Crippen LogP contribution is -2.65. The molecule has 7 rings (SSSR count). The summed E-state index contributed by atoms with van der Waals surface area (Å²) in [5, 5.41) is 10.4. The normalized spacial score (nSPS) is 39.6. The lowest BCUT2D eigenvalue weighted by Gasteiger charge is -2.66. The van der Waals surface area contributed by atoms with Crippen LogP contribution in [0.15, 0.2) is 11.3 Å². The number of carboxylic acid groups (broad SMARTS) is 1. The van der Waals surface area contributed by atoms with E-state index in [1.165, 1.54) is 0 Å². The summed E-state index contributed by atoms with van der Waals surface area (Å²) >= 11 is 0. The number of hydrogen-bond donors (Lipinski definition) is 1. The zero-order valence-corrected chi connectivity index (χ0v) is 31.5. The summed E-state index contributed by atoms with van der Waals surface area (Å²) in [6.45, 7) is 13.0. The summed E-state index contributed by atoms with van der Waals surface area (Å²) in [5.41, 5.74) is -0.604. The Labute approximate surface area is 296 Å². The Balaban J connectivity index is 1.18. The first kappa shape index (κ1) is 37.6. The van der Waals surface area contributed by atoms with E-state index < -0.39 is 11.4 Å². The standard InChI is InChI=1S/C41H68O8/c1-5-11-37(17-23-47-37)14-8-20-44-34(32(4)35(42)43)36-26-33-27-40(29-36,45-21-9-15-38(12-6-2)18-24-48-38)31-41(28-33,30-36)46-22-10-16-39(13-7-3)19-25-49-39/h33H,5-31H2,1-4H3,(H,42,43). The molecule has 0 aromatic heterocycles. The Bertz CT molecular complexity index is 1100. The Morgan fingerprint density at radius 2 is 1.08 bits per heavy atom. The van der Waals surface area contributed by atoms with E-state index in [0.29, 0.717) is 37.1 Å². The molecule has 0 aromatic rings. The molecular weight excluding hydrogens is 620 g/mol. The highest BCUT2D eigenvalue weighted by atomic mass is 16.5. The van der Waals surface area contributed by atoms with Gasteiger partial charge in [-0.15, -0.1) is 0 Å². The Morgan fingerprint density at radius 3 is 1.45 bits per heavy atom. The first-order valence-corrected chi connectivity index (χ1v) is 20.3. The van der Waals surface area contributed by atoms with Crippen LogP contribution in [0.3, 0.4) is 0 Å². The molecule has 5 unspecified atom stereocenters. The maximum atomic E-state index is 12.7. The van der Waals surface area contributed by atoms with Crippen LogP contribution in [0, 0.1) is 11.3 Å². The zero-order valence-electron chi connectivity index (χ0n) is 31.5. The molecule has 7 aliphatic rings. The molecule has 7 fully saturated rings. The van der Waals surface area contributed by atoms with E-state index in [2.05, 4.69) is 20.8 Å². The van der Waals surface area contributed by atoms with Gasteiger partial charge in [0.25, 0.3) is 0 Å². The highest BCUT2D eigenvalue weighted by Gasteiger charge is 2.66. The first-order valence-electron chi connectivity index (χ1n) is 20.3. The van der Waals surface area contributed by atoms with Crippen molar-refractivity contribution in [1.82, 2.24) is 0 Å². The first-order chi connectivity index (χ1) is 23.6. The fourth-order valence-electron chi connectivity index (χ4n) is 11.6. The maximum absolute atomic E-state index is 12.7. The Morgan fingerprint density at radius 1 is 0.653 bits per heavy atom. The highest BCUT2D eigenvalue weighted by molar-refractivity contribution is 5.86. The largest absolute Gasteiger partial charge is 0.497 e. The molecule has 4 saturated carbocycles. The van der Waals surface area contributed by atoms with Crippen molar-refractivity contribution in [1.29, 1.82) is 0 Å². The second-order valence-electron chi connectivity index (χ2n) is 17.4. The molecule has 8 heteroatoms. The van der Waals surface area contributed by atoms with Gasteiger partial charge in [-0.1, -0.05) is 40.0 Å². The summed E-state index contributed by atoms with van der Waals surface area (Å²) < 4.78 is 39.1. The van der Waals surface area contributed by atoms with Gasteiger partial charge in [-0.25, -0.2) is 4.79 Å². The molecule has 4 bridgehead atoms. The minimum Gasteiger partial charge on any atom is -0.497 e. The van der Waals surface area contributed by atoms with Gasteiger partial charge < -0.3 is 33.5 Å². The van der Waals surface area contributed by atoms with Crippen molar-refractivity contribution in [2.24, 2.45) is 11.3 Å². The number of carbonyl (C=O) groups is 1. The summed E-state index contributed by atoms with van der Waals surface area (Å²) in [4.78, 5) is 12.7. The van der Waals surface area contributed by atoms with Crippen LogP contribution < -0.4 is 0 Å². The third-order valence-electron chi connectivity index (χ3n) is 13.5. The fourth-order valence-corrected chi connectivity index (χ4v) is 11.6. The highest BCUT2D eigenvalue weighted by Crippen LogP contribution is 2.68. The topological polar surface area (TPSA) is 92.7 Å². The Hall–Kier alpha value is -1.19. The molecule has 3 heterocycles. The lowest BCUT2D eigenvalue weighted by atomic mass is 9.45. The van der Waals surface area contributed by atoms with Crippen LogP contribution in [-0.4, -0.2) is 78.7 Å². The molecular formula is C41H68O8. The quantitative estimate of drug-likeness (QED) is 0.0646. The lowest BCUT2D eigenvalue weighted by molar-refractivity contribution is -0.263. The van der Waals surface area contributed by atoms with Crippen molar-refractivity contribution in [3.8, 4) is 0 Å². The van der Waals surface area contributed by atoms with E-state index in [-0.39, 0.29) is 28.0 Å². The molecule has 8 nitrogen and oxygen atoms in total. The maximum Gasteiger partial charge on any atom is 0.334 e. The van der Waals surface area contributed by atoms with Crippen molar-refractivity contribution in [2.75, 3.05) is 39.6 Å². The smallest absolute Gasteiger partial charge is 0.334 e. The molecule has 49 heavy (non-hydrogen) atoms. The SMILES string of the molecule is CCCC1(CCCOC(=C(C)C(=O)O)C23CC4CC(OCCCC5(CCC)CCO5)(CC(OCCCC5(CCC)CCO5)(C4)C2)C3)CCO1. The Kier molecular flexibility index (Phi) is 11.8. The molecule has 0 radical (unpaired) electrons. The molecule has 5 atom stereocenters. The second-order valence-corrected chi connectivity index (χ2v) is 17.4. The van der Waals surface area contributed by atoms with Crippen LogP contribution in [0.4, 0.5) is 0 Å². The van der Waals surface area contributed by atoms with Gasteiger partial charge in [0.2, 0.25) is 0 Å². The van der Waals surface area contributed by atoms with Crippen molar-refractivity contribution in [3.63, 3.8) is 0 Å². The van der Waals surface area contributed by atoms with Gasteiger partial charge in [-0.2, -0.15) is 0 Å². The summed E-state index contributed by atoms with van der Waals surface area (Å²) in [5.74, 6) is 0.234. The molecule has 3 saturated heterocycles. The van der Waals surface area contributed by atoms with Crippen molar-refractivity contribution in [2.45, 2.75) is 191 Å². The fraction of sp³-hybridized carbons (Fsp3) is 0.927. The van der Waals surface area contributed by atoms with E-state index in [1.807, 2.05) is 0 Å². The molecule has 0 aromatic carbocycles. The number of carboxylic acids is 1. The molecule has 4 aliphatic carbocycles. The second kappa shape index (κ2) is 15.4. The van der Waals surface area contributed by atoms with Crippen molar-refractivity contribution in [3.05, 3.63) is 11.3 Å². The third-order valence-corrected chi connectivity index (χ3v) is 13.5. The molecule has 0 amide bonds. The van der Waals surface area contributed by atoms with Gasteiger partial charge in [0.15, 0.2) is 0 Å². The number of allylic oxidation sites excluding steroid dienone is 1. The average molecular weight is 689 g/mol. The van der Waals surface area contributed by atoms with Crippen LogP contribution in [0.25, 0.3) is 0 Å². The van der Waals surface area contributed by atoms with Crippen LogP contribution in [0.5, 0.6) is 0 Å². The van der Waals surface area contributed by atoms with Gasteiger partial charge >= 0.3 is 5.97 Å². The van der Waals surface area contributed by atoms with E-state index in [4.69, 9.17) is 28.4 Å². The van der Waals surface area contributed by atoms with Crippen LogP contribution in [0.1, 0.15) is 163 Å². The van der Waals surface area contributed by atoms with Crippen LogP contribution >= 0.6 is 0 Å². The third kappa shape index (κ3) is 8.09. The van der Waals surface area contributed by atoms with Gasteiger partial charge in [0, 0.05) is 25.0 Å². The predicted molar refractivity (Wildman–Crippen MR) is 190 cm³/mol. The summed E-state index contributed by atoms with van der Waals surface area (Å²) in [7, 11) is 0. The van der Waals surface area contributed by atoms with Crippen molar-refractivity contribution < 1.29 is 38.3 Å². The van der Waals surface area contributed by atoms with Gasteiger partial charge in [0.05, 0.1) is 60.0 Å². The van der Waals surface area contributed by atoms with Gasteiger partial charge in [-0.05, 0) is 122 Å². The van der Waals surface area contributed by atoms with Gasteiger partial charge in [-0.3, -0.25) is 0 Å². The zero-order chi connectivity index (χ0) is 34.6. The number of aliphatic carboxylic acids is 1. The monoisotopic (exact) mass is 688 g/mol. The van der Waals surface area contributed by atoms with Gasteiger partial charge in [0.1, 0.15) is 5.76 Å². The van der Waals surface area contributed by atoms with E-state index in [0.717, 1.165) is 155 Å². The van der Waals surface area contributed by atoms with E-state index >= 15 is 0 Å². The summed E-state index contributed by atoms with van der Waals surface area (Å²) in [6.07, 6.45) is 21.6. The number of ether oxygens (including phenoxy) is 6. The minimum atomic E-state index is -0.885. The van der Waals surface area contributed by atoms with E-state index in [9.17, 15) is 9.90 Å². The molecule has 3 aliphatic heterocycles. The summed E-state index contributed by atoms with van der Waals surface area (Å²) in [6, 6.07) is 0. The molecule has 0 spiro atoms.